The number of aliphatic imine (C=N–C) groups is 1. The monoisotopic (exact) mass is 419 g/mol. The van der Waals surface area contributed by atoms with Crippen LogP contribution in [0.15, 0.2) is 29.3 Å². The van der Waals surface area contributed by atoms with Crippen LogP contribution in [-0.2, 0) is 15.7 Å². The number of amides is 1. The smallest absolute Gasteiger partial charge is 0.381 e. The molecule has 2 heterocycles. The molecule has 0 aliphatic carbocycles. The number of nitrogens with one attached hydrogen (secondary N) is 3. The van der Waals surface area contributed by atoms with Crippen LogP contribution in [0.1, 0.15) is 12.1 Å². The molecule has 28 heavy (non-hydrogen) atoms. The Morgan fingerprint density at radius 3 is 2.64 bits per heavy atom. The standard InChI is InChI=1S/C16H14ClF4N5O2/c17-9-2-10(18)4-11(3-9)22-15(24-14(27)1-8-6-28-7-8)23-13-5-12(25-26-13)16(19,20)21/h2-5,8H,1,6-7H2,(H3,22,23,24,25,26,27). The molecule has 2 aromatic rings. The molecule has 0 radical (unpaired) electrons. The van der Waals surface area contributed by atoms with Gasteiger partial charge in [-0.25, -0.2) is 4.39 Å². The van der Waals surface area contributed by atoms with Crippen LogP contribution in [0.4, 0.5) is 29.1 Å². The molecular formula is C16H14ClF4N5O2. The summed E-state index contributed by atoms with van der Waals surface area (Å²) in [6.45, 7) is 0.891. The quantitative estimate of drug-likeness (QED) is 0.402. The highest BCUT2D eigenvalue weighted by Crippen LogP contribution is 2.29. The zero-order valence-electron chi connectivity index (χ0n) is 14.1. The molecule has 0 bridgehead atoms. The molecule has 1 aliphatic rings. The van der Waals surface area contributed by atoms with Crippen molar-refractivity contribution >= 4 is 35.0 Å². The number of anilines is 1. The third-order valence-corrected chi connectivity index (χ3v) is 3.88. The number of aromatic amines is 1. The molecule has 3 N–H and O–H groups in total. The number of hydrogen-bond donors (Lipinski definition) is 3. The number of carbonyl (C=O) groups excluding carboxylic acids is 1. The molecule has 1 aromatic carbocycles. The summed E-state index contributed by atoms with van der Waals surface area (Å²) in [5, 5.41) is 10.4. The molecule has 7 nitrogen and oxygen atoms in total. The Morgan fingerprint density at radius 2 is 2.07 bits per heavy atom. The van der Waals surface area contributed by atoms with Gasteiger partial charge in [-0.1, -0.05) is 11.6 Å². The summed E-state index contributed by atoms with van der Waals surface area (Å²) in [6.07, 6.45) is -4.49. The van der Waals surface area contributed by atoms with Gasteiger partial charge in [0.05, 0.1) is 13.2 Å². The van der Waals surface area contributed by atoms with E-state index in [0.717, 1.165) is 12.1 Å². The van der Waals surface area contributed by atoms with Gasteiger partial charge in [0.2, 0.25) is 11.9 Å². The fourth-order valence-electron chi connectivity index (χ4n) is 2.33. The Balaban J connectivity index is 1.82. The predicted molar refractivity (Wildman–Crippen MR) is 92.8 cm³/mol. The van der Waals surface area contributed by atoms with Crippen molar-refractivity contribution in [2.75, 3.05) is 18.5 Å². The maximum Gasteiger partial charge on any atom is 0.432 e. The number of guanidine groups is 1. The lowest BCUT2D eigenvalue weighted by Gasteiger charge is -2.25. The summed E-state index contributed by atoms with van der Waals surface area (Å²) >= 11 is 5.78. The van der Waals surface area contributed by atoms with Gasteiger partial charge in [-0.15, -0.1) is 0 Å². The van der Waals surface area contributed by atoms with E-state index in [0.29, 0.717) is 19.3 Å². The largest absolute Gasteiger partial charge is 0.432 e. The van der Waals surface area contributed by atoms with Crippen LogP contribution in [0.25, 0.3) is 0 Å². The van der Waals surface area contributed by atoms with Gasteiger partial charge < -0.3 is 10.1 Å². The van der Waals surface area contributed by atoms with E-state index in [1.54, 1.807) is 0 Å². The van der Waals surface area contributed by atoms with Gasteiger partial charge in [0.1, 0.15) is 11.5 Å². The average Bonchev–Trinajstić information content (AvgIpc) is 2.98. The zero-order valence-corrected chi connectivity index (χ0v) is 14.9. The second-order valence-corrected chi connectivity index (χ2v) is 6.47. The maximum atomic E-state index is 13.5. The molecule has 0 unspecified atom stereocenters. The minimum absolute atomic E-state index is 0.0482. The normalized spacial score (nSPS) is 15.2. The fraction of sp³-hybridized carbons (Fsp3) is 0.312. The van der Waals surface area contributed by atoms with E-state index >= 15 is 0 Å². The third kappa shape index (κ3) is 5.42. The first-order valence-electron chi connectivity index (χ1n) is 8.01. The van der Waals surface area contributed by atoms with Crippen molar-refractivity contribution in [2.24, 2.45) is 10.9 Å². The number of benzene rings is 1. The number of ether oxygens (including phenoxy) is 1. The van der Waals surface area contributed by atoms with Gasteiger partial charge in [-0.3, -0.25) is 15.2 Å². The molecule has 1 aromatic heterocycles. The first-order valence-corrected chi connectivity index (χ1v) is 8.39. The number of halogens is 5. The van der Waals surface area contributed by atoms with Crippen LogP contribution < -0.4 is 10.6 Å². The lowest BCUT2D eigenvalue weighted by atomic mass is 10.0. The first kappa shape index (κ1) is 20.1. The molecule has 0 saturated carbocycles. The number of carbonyl (C=O) groups is 1. The summed E-state index contributed by atoms with van der Waals surface area (Å²) in [6, 6.07) is 4.19. The van der Waals surface area contributed by atoms with Gasteiger partial charge in [0.15, 0.2) is 5.82 Å². The Labute approximate surface area is 161 Å². The van der Waals surface area contributed by atoms with E-state index < -0.39 is 23.6 Å². The molecule has 12 heteroatoms. The molecule has 0 spiro atoms. The second-order valence-electron chi connectivity index (χ2n) is 6.04. The maximum absolute atomic E-state index is 13.5. The Bertz CT molecular complexity index is 875. The van der Waals surface area contributed by atoms with E-state index in [9.17, 15) is 22.4 Å². The van der Waals surface area contributed by atoms with Crippen molar-refractivity contribution in [1.29, 1.82) is 0 Å². The SMILES string of the molecule is O=C(CC1COC1)NC(=Nc1cc(C(F)(F)F)[nH]n1)Nc1cc(F)cc(Cl)c1. The molecule has 1 fully saturated rings. The summed E-state index contributed by atoms with van der Waals surface area (Å²) in [4.78, 5) is 16.0. The van der Waals surface area contributed by atoms with Crippen molar-refractivity contribution in [3.63, 3.8) is 0 Å². The molecule has 1 saturated heterocycles. The van der Waals surface area contributed by atoms with E-state index in [1.165, 1.54) is 6.07 Å². The Hall–Kier alpha value is -2.66. The van der Waals surface area contributed by atoms with E-state index in [2.05, 4.69) is 20.7 Å². The lowest BCUT2D eigenvalue weighted by molar-refractivity contribution is -0.141. The van der Waals surface area contributed by atoms with Crippen molar-refractivity contribution < 1.29 is 27.1 Å². The minimum atomic E-state index is -4.63. The lowest BCUT2D eigenvalue weighted by Crippen LogP contribution is -2.39. The van der Waals surface area contributed by atoms with E-state index in [-0.39, 0.29) is 34.8 Å². The van der Waals surface area contributed by atoms with Crippen molar-refractivity contribution in [3.05, 3.63) is 40.8 Å². The topological polar surface area (TPSA) is 91.4 Å². The van der Waals surface area contributed by atoms with Crippen LogP contribution in [0.2, 0.25) is 5.02 Å². The summed E-state index contributed by atoms with van der Waals surface area (Å²) < 4.78 is 56.6. The molecule has 0 atom stereocenters. The number of aromatic nitrogens is 2. The van der Waals surface area contributed by atoms with Crippen LogP contribution in [-0.4, -0.2) is 35.3 Å². The highest BCUT2D eigenvalue weighted by Gasteiger charge is 2.33. The Morgan fingerprint density at radius 1 is 1.32 bits per heavy atom. The number of nitrogens with zero attached hydrogens (tertiary/aromatic N) is 2. The summed E-state index contributed by atoms with van der Waals surface area (Å²) in [7, 11) is 0. The van der Waals surface area contributed by atoms with E-state index in [1.807, 2.05) is 5.10 Å². The van der Waals surface area contributed by atoms with Crippen LogP contribution in [0, 0.1) is 11.7 Å². The molecular weight excluding hydrogens is 406 g/mol. The highest BCUT2D eigenvalue weighted by molar-refractivity contribution is 6.31. The molecule has 3 rings (SSSR count). The zero-order chi connectivity index (χ0) is 20.3. The molecule has 1 aliphatic heterocycles. The predicted octanol–water partition coefficient (Wildman–Crippen LogP) is 3.47. The summed E-state index contributed by atoms with van der Waals surface area (Å²) in [5.74, 6) is -1.59. The summed E-state index contributed by atoms with van der Waals surface area (Å²) in [5.41, 5.74) is -0.958. The van der Waals surface area contributed by atoms with Gasteiger partial charge in [-0.2, -0.15) is 23.3 Å². The van der Waals surface area contributed by atoms with Crippen molar-refractivity contribution in [1.82, 2.24) is 15.5 Å². The number of H-pyrrole nitrogens is 1. The van der Waals surface area contributed by atoms with Crippen molar-refractivity contribution in [2.45, 2.75) is 12.6 Å². The second kappa shape index (κ2) is 8.15. The first-order chi connectivity index (χ1) is 13.2. The van der Waals surface area contributed by atoms with Gasteiger partial charge >= 0.3 is 6.18 Å². The molecule has 150 valence electrons. The van der Waals surface area contributed by atoms with Crippen LogP contribution >= 0.6 is 11.6 Å². The number of alkyl halides is 3. The fourth-order valence-corrected chi connectivity index (χ4v) is 2.55. The highest BCUT2D eigenvalue weighted by atomic mass is 35.5. The van der Waals surface area contributed by atoms with Crippen LogP contribution in [0.3, 0.4) is 0 Å². The molecule has 1 amide bonds. The average molecular weight is 420 g/mol. The van der Waals surface area contributed by atoms with Gasteiger partial charge in [-0.05, 0) is 18.2 Å². The van der Waals surface area contributed by atoms with Gasteiger partial charge in [0.25, 0.3) is 0 Å². The van der Waals surface area contributed by atoms with Gasteiger partial charge in [0, 0.05) is 29.1 Å². The van der Waals surface area contributed by atoms with Crippen molar-refractivity contribution in [3.8, 4) is 0 Å². The number of hydrogen-bond acceptors (Lipinski definition) is 4. The third-order valence-electron chi connectivity index (χ3n) is 3.66. The van der Waals surface area contributed by atoms with Crippen LogP contribution in [0.5, 0.6) is 0 Å². The number of rotatable bonds is 4. The van der Waals surface area contributed by atoms with E-state index in [4.69, 9.17) is 16.3 Å². The minimum Gasteiger partial charge on any atom is -0.381 e. The Kier molecular flexibility index (Phi) is 5.84.